The Kier molecular flexibility index (Phi) is 29.0. The van der Waals surface area contributed by atoms with Crippen LogP contribution in [0.5, 0.6) is 0 Å². The van der Waals surface area contributed by atoms with E-state index in [1.807, 2.05) is 61.5 Å². The Morgan fingerprint density at radius 2 is 1.46 bits per heavy atom. The summed E-state index contributed by atoms with van der Waals surface area (Å²) >= 11 is 0. The van der Waals surface area contributed by atoms with Gasteiger partial charge in [-0.25, -0.2) is 0 Å². The quantitative estimate of drug-likeness (QED) is 0.242. The molecule has 0 radical (unpaired) electrons. The van der Waals surface area contributed by atoms with Crippen LogP contribution < -0.4 is 0 Å². The first kappa shape index (κ1) is 43.7. The molecule has 1 atom stereocenters. The monoisotopic (exact) mass is 537 g/mol. The van der Waals surface area contributed by atoms with Crippen molar-refractivity contribution in [2.24, 2.45) is 16.7 Å². The van der Waals surface area contributed by atoms with E-state index in [1.54, 1.807) is 0 Å². The van der Waals surface area contributed by atoms with Gasteiger partial charge in [-0.15, -0.1) is 6.58 Å². The minimum atomic E-state index is 0.00314. The molecule has 0 heteroatoms. The lowest BCUT2D eigenvalue weighted by molar-refractivity contribution is 0.606. The molecule has 39 heavy (non-hydrogen) atoms. The molecule has 0 saturated carbocycles. The third kappa shape index (κ3) is 22.2. The van der Waals surface area contributed by atoms with Crippen molar-refractivity contribution in [1.82, 2.24) is 0 Å². The van der Waals surface area contributed by atoms with Gasteiger partial charge in [-0.05, 0) is 56.3 Å². The highest BCUT2D eigenvalue weighted by Crippen LogP contribution is 2.29. The minimum absolute atomic E-state index is 0.00314. The highest BCUT2D eigenvalue weighted by molar-refractivity contribution is 5.56. The van der Waals surface area contributed by atoms with Crippen molar-refractivity contribution in [2.45, 2.75) is 124 Å². The first-order valence-electron chi connectivity index (χ1n) is 15.5. The molecule has 1 unspecified atom stereocenters. The van der Waals surface area contributed by atoms with Crippen LogP contribution in [0.15, 0.2) is 108 Å². The smallest absolute Gasteiger partial charge is 0.00132 e. The topological polar surface area (TPSA) is 0 Å². The largest absolute Gasteiger partial charge is 0.102 e. The Balaban J connectivity index is -0.000000283. The van der Waals surface area contributed by atoms with Crippen molar-refractivity contribution >= 4 is 0 Å². The molecule has 0 heterocycles. The van der Waals surface area contributed by atoms with Crippen LogP contribution in [0.2, 0.25) is 0 Å². The van der Waals surface area contributed by atoms with E-state index >= 15 is 0 Å². The van der Waals surface area contributed by atoms with E-state index in [0.717, 1.165) is 24.3 Å². The Hall–Kier alpha value is -2.34. The predicted molar refractivity (Wildman–Crippen MR) is 187 cm³/mol. The number of allylic oxidation sites excluding steroid dienone is 16. The number of hydrogen-bond acceptors (Lipinski definition) is 0. The normalized spacial score (nSPS) is 16.6. The van der Waals surface area contributed by atoms with Crippen LogP contribution >= 0.6 is 0 Å². The molecular weight excluding hydrogens is 468 g/mol. The summed E-state index contributed by atoms with van der Waals surface area (Å²) in [6.45, 7) is 41.7. The molecule has 2 aliphatic carbocycles. The maximum absolute atomic E-state index is 4.34. The van der Waals surface area contributed by atoms with Gasteiger partial charge in [0, 0.05) is 10.8 Å². The lowest BCUT2D eigenvalue weighted by atomic mass is 9.89. The summed E-state index contributed by atoms with van der Waals surface area (Å²) in [5.41, 5.74) is 6.48. The van der Waals surface area contributed by atoms with Gasteiger partial charge in [0.15, 0.2) is 0 Å². The predicted octanol–water partition coefficient (Wildman–Crippen LogP) is 13.7. The minimum Gasteiger partial charge on any atom is -0.102 e. The number of hydrogen-bond donors (Lipinski definition) is 0. The van der Waals surface area contributed by atoms with E-state index in [0.29, 0.717) is 0 Å². The zero-order chi connectivity index (χ0) is 31.7. The van der Waals surface area contributed by atoms with Gasteiger partial charge in [-0.2, -0.15) is 0 Å². The Morgan fingerprint density at radius 1 is 0.923 bits per heavy atom. The second-order valence-electron chi connectivity index (χ2n) is 10.3. The van der Waals surface area contributed by atoms with Crippen molar-refractivity contribution in [1.29, 1.82) is 0 Å². The first-order chi connectivity index (χ1) is 18.4. The Morgan fingerprint density at radius 3 is 1.95 bits per heavy atom. The first-order valence-corrected chi connectivity index (χ1v) is 15.5. The summed E-state index contributed by atoms with van der Waals surface area (Å²) in [5.74, 6) is 0.719. The Labute approximate surface area is 247 Å². The van der Waals surface area contributed by atoms with Gasteiger partial charge in [0.2, 0.25) is 0 Å². The molecule has 224 valence electrons. The van der Waals surface area contributed by atoms with Crippen molar-refractivity contribution in [2.75, 3.05) is 0 Å². The van der Waals surface area contributed by atoms with E-state index in [4.69, 9.17) is 0 Å². The van der Waals surface area contributed by atoms with Crippen LogP contribution in [0, 0.1) is 16.7 Å². The lowest BCUT2D eigenvalue weighted by Crippen LogP contribution is -2.02. The molecule has 0 N–H and O–H groups in total. The molecule has 0 spiro atoms. The molecule has 0 aromatic carbocycles. The van der Waals surface area contributed by atoms with Gasteiger partial charge in [0.25, 0.3) is 0 Å². The van der Waals surface area contributed by atoms with Crippen molar-refractivity contribution in [3.8, 4) is 0 Å². The standard InChI is InChI=1S/C21H30.C10H14.4C2H6/c1-8-21(6,7)15-14-20(16(2)3)18(5)19-11-9-10-17(4)12-13-19;1-9-6-4-5-7-10(2,3)8-9;4*1-2/h8-9,11,13-15,17H,1,5,10,12H2,2-4,6-7H3;4-8H,1-3H3;4*1-2H3/b15-14-;;;;;. The molecule has 0 amide bonds. The Bertz CT molecular complexity index is 850. The molecule has 0 aromatic heterocycles. The summed E-state index contributed by atoms with van der Waals surface area (Å²) in [5, 5.41) is 0. The van der Waals surface area contributed by atoms with Gasteiger partial charge >= 0.3 is 0 Å². The summed E-state index contributed by atoms with van der Waals surface area (Å²) in [4.78, 5) is 0. The second-order valence-corrected chi connectivity index (χ2v) is 10.3. The van der Waals surface area contributed by atoms with Crippen molar-refractivity contribution < 1.29 is 0 Å². The fourth-order valence-electron chi connectivity index (χ4n) is 3.43. The highest BCUT2D eigenvalue weighted by Gasteiger charge is 2.12. The average molecular weight is 537 g/mol. The highest BCUT2D eigenvalue weighted by atomic mass is 14.2. The second kappa shape index (κ2) is 25.9. The van der Waals surface area contributed by atoms with E-state index in [1.165, 1.54) is 22.3 Å². The molecule has 0 fully saturated rings. The van der Waals surface area contributed by atoms with E-state index in [9.17, 15) is 0 Å². The molecule has 0 saturated heterocycles. The van der Waals surface area contributed by atoms with Gasteiger partial charge in [-0.1, -0.05) is 175 Å². The molecule has 2 aliphatic rings. The van der Waals surface area contributed by atoms with Crippen molar-refractivity contribution in [3.05, 3.63) is 108 Å². The van der Waals surface area contributed by atoms with Gasteiger partial charge < -0.3 is 0 Å². The molecule has 0 aromatic rings. The molecule has 2 rings (SSSR count). The van der Waals surface area contributed by atoms with Gasteiger partial charge in [-0.3, -0.25) is 0 Å². The van der Waals surface area contributed by atoms with Crippen LogP contribution in [0.25, 0.3) is 0 Å². The molecule has 0 bridgehead atoms. The average Bonchev–Trinajstić information content (AvgIpc) is 3.24. The third-order valence-corrected chi connectivity index (χ3v) is 5.59. The summed E-state index contributed by atoms with van der Waals surface area (Å²) in [6.07, 6.45) is 26.3. The molecular formula is C39H68. The fraction of sp³-hybridized carbons (Fsp3) is 0.538. The van der Waals surface area contributed by atoms with Crippen molar-refractivity contribution in [3.63, 3.8) is 0 Å². The van der Waals surface area contributed by atoms with Crippen LogP contribution in [0.3, 0.4) is 0 Å². The van der Waals surface area contributed by atoms with E-state index < -0.39 is 0 Å². The van der Waals surface area contributed by atoms with Gasteiger partial charge in [0.1, 0.15) is 0 Å². The SMILES string of the molecule is C=CC(C)(C)/C=C\C(C(=C)C1=CCC(C)CC=C1)=C(C)C.CC.CC.CC.CC.CC1=CC(C)(C)C=CC=C1. The zero-order valence-corrected chi connectivity index (χ0v) is 29.3. The van der Waals surface area contributed by atoms with Crippen LogP contribution in [-0.2, 0) is 0 Å². The fourth-order valence-corrected chi connectivity index (χ4v) is 3.43. The summed E-state index contributed by atoms with van der Waals surface area (Å²) in [7, 11) is 0. The van der Waals surface area contributed by atoms with Gasteiger partial charge in [0.05, 0.1) is 0 Å². The maximum atomic E-state index is 4.34. The van der Waals surface area contributed by atoms with Crippen LogP contribution in [0.4, 0.5) is 0 Å². The lowest BCUT2D eigenvalue weighted by Gasteiger charge is -2.16. The molecule has 0 aliphatic heterocycles. The van der Waals surface area contributed by atoms with E-state index in [-0.39, 0.29) is 10.8 Å². The zero-order valence-electron chi connectivity index (χ0n) is 29.3. The third-order valence-electron chi connectivity index (χ3n) is 5.59. The summed E-state index contributed by atoms with van der Waals surface area (Å²) < 4.78 is 0. The number of rotatable bonds is 5. The maximum Gasteiger partial charge on any atom is 0.00132 e. The summed E-state index contributed by atoms with van der Waals surface area (Å²) in [6, 6.07) is 0. The van der Waals surface area contributed by atoms with Crippen LogP contribution in [0.1, 0.15) is 124 Å². The van der Waals surface area contributed by atoms with E-state index in [2.05, 4.69) is 129 Å². The molecule has 0 nitrogen and oxygen atoms in total. The van der Waals surface area contributed by atoms with Crippen LogP contribution in [-0.4, -0.2) is 0 Å².